The number of nitrogen functional groups attached to an aromatic ring is 1. The van der Waals surface area contributed by atoms with Gasteiger partial charge in [-0.3, -0.25) is 0 Å². The first kappa shape index (κ1) is 10.9. The van der Waals surface area contributed by atoms with Crippen LogP contribution in [0.4, 0.5) is 11.4 Å². The molecule has 1 atom stereocenters. The van der Waals surface area contributed by atoms with E-state index < -0.39 is 0 Å². The average Bonchev–Trinajstić information content (AvgIpc) is 2.16. The Morgan fingerprint density at radius 1 is 1.43 bits per heavy atom. The lowest BCUT2D eigenvalue weighted by molar-refractivity contribution is 0.593. The Bertz CT molecular complexity index is 294. The van der Waals surface area contributed by atoms with Crippen LogP contribution in [0, 0.1) is 12.8 Å². The zero-order valence-electron chi connectivity index (χ0n) is 9.30. The number of hydrogen-bond acceptors (Lipinski definition) is 2. The van der Waals surface area contributed by atoms with Gasteiger partial charge in [0, 0.05) is 6.54 Å². The van der Waals surface area contributed by atoms with E-state index in [1.165, 1.54) is 12.0 Å². The van der Waals surface area contributed by atoms with Gasteiger partial charge in [0.1, 0.15) is 0 Å². The highest BCUT2D eigenvalue weighted by atomic mass is 14.9. The summed E-state index contributed by atoms with van der Waals surface area (Å²) in [4.78, 5) is 0. The maximum atomic E-state index is 5.89. The first-order chi connectivity index (χ1) is 6.63. The van der Waals surface area contributed by atoms with E-state index in [1.807, 2.05) is 12.1 Å². The number of aryl methyl sites for hydroxylation is 1. The largest absolute Gasteiger partial charge is 0.397 e. The summed E-state index contributed by atoms with van der Waals surface area (Å²) in [5.41, 5.74) is 8.98. The molecule has 0 aromatic heterocycles. The van der Waals surface area contributed by atoms with Crippen LogP contribution in [0.15, 0.2) is 18.2 Å². The molecule has 0 aliphatic heterocycles. The number of rotatable bonds is 4. The molecule has 0 radical (unpaired) electrons. The number of nitrogens with two attached hydrogens (primary N) is 1. The minimum atomic E-state index is 0.690. The molecule has 0 bridgehead atoms. The molecule has 2 heteroatoms. The molecule has 14 heavy (non-hydrogen) atoms. The lowest BCUT2D eigenvalue weighted by Crippen LogP contribution is -2.11. The van der Waals surface area contributed by atoms with E-state index in [-0.39, 0.29) is 0 Å². The molecule has 1 unspecified atom stereocenters. The van der Waals surface area contributed by atoms with Gasteiger partial charge in [-0.05, 0) is 30.5 Å². The molecule has 0 aliphatic rings. The molecule has 0 heterocycles. The van der Waals surface area contributed by atoms with E-state index in [1.54, 1.807) is 0 Å². The van der Waals surface area contributed by atoms with Gasteiger partial charge in [-0.25, -0.2) is 0 Å². The van der Waals surface area contributed by atoms with Gasteiger partial charge in [0.05, 0.1) is 11.4 Å². The summed E-state index contributed by atoms with van der Waals surface area (Å²) in [6, 6.07) is 6.13. The molecule has 2 nitrogen and oxygen atoms in total. The van der Waals surface area contributed by atoms with Gasteiger partial charge in [0.2, 0.25) is 0 Å². The smallest absolute Gasteiger partial charge is 0.0574 e. The molecule has 1 aromatic carbocycles. The van der Waals surface area contributed by atoms with E-state index in [0.29, 0.717) is 5.92 Å². The van der Waals surface area contributed by atoms with Gasteiger partial charge in [-0.2, -0.15) is 0 Å². The van der Waals surface area contributed by atoms with Crippen molar-refractivity contribution in [2.24, 2.45) is 5.92 Å². The van der Waals surface area contributed by atoms with Crippen molar-refractivity contribution < 1.29 is 0 Å². The zero-order valence-corrected chi connectivity index (χ0v) is 9.30. The molecule has 3 N–H and O–H groups in total. The summed E-state index contributed by atoms with van der Waals surface area (Å²) in [5, 5.41) is 3.37. The summed E-state index contributed by atoms with van der Waals surface area (Å²) >= 11 is 0. The predicted octanol–water partition coefficient (Wildman–Crippen LogP) is 3.04. The Morgan fingerprint density at radius 3 is 2.71 bits per heavy atom. The van der Waals surface area contributed by atoms with Crippen LogP contribution in [0.25, 0.3) is 0 Å². The quantitative estimate of drug-likeness (QED) is 0.720. The molecule has 0 amide bonds. The second-order valence-electron chi connectivity index (χ2n) is 3.99. The highest BCUT2D eigenvalue weighted by Gasteiger charge is 2.01. The fourth-order valence-electron chi connectivity index (χ4n) is 1.27. The lowest BCUT2D eigenvalue weighted by Gasteiger charge is -2.13. The van der Waals surface area contributed by atoms with Crippen LogP contribution in [-0.4, -0.2) is 6.54 Å². The van der Waals surface area contributed by atoms with Crippen molar-refractivity contribution in [3.8, 4) is 0 Å². The third kappa shape index (κ3) is 2.95. The molecular weight excluding hydrogens is 172 g/mol. The van der Waals surface area contributed by atoms with E-state index in [4.69, 9.17) is 5.73 Å². The first-order valence-corrected chi connectivity index (χ1v) is 5.23. The second-order valence-corrected chi connectivity index (χ2v) is 3.99. The topological polar surface area (TPSA) is 38.0 Å². The third-order valence-electron chi connectivity index (χ3n) is 2.54. The lowest BCUT2D eigenvalue weighted by atomic mass is 10.1. The van der Waals surface area contributed by atoms with Crippen molar-refractivity contribution in [1.29, 1.82) is 0 Å². The molecule has 0 spiro atoms. The molecule has 0 saturated heterocycles. The normalized spacial score (nSPS) is 12.5. The number of hydrogen-bond donors (Lipinski definition) is 2. The Morgan fingerprint density at radius 2 is 2.14 bits per heavy atom. The Kier molecular flexibility index (Phi) is 3.81. The van der Waals surface area contributed by atoms with Crippen molar-refractivity contribution in [3.05, 3.63) is 23.8 Å². The maximum Gasteiger partial charge on any atom is 0.0574 e. The molecular formula is C12H20N2. The van der Waals surface area contributed by atoms with Crippen molar-refractivity contribution in [2.45, 2.75) is 27.2 Å². The van der Waals surface area contributed by atoms with Crippen molar-refractivity contribution in [1.82, 2.24) is 0 Å². The second kappa shape index (κ2) is 4.89. The molecule has 78 valence electrons. The Labute approximate surface area is 86.5 Å². The molecule has 0 saturated carbocycles. The number of anilines is 2. The monoisotopic (exact) mass is 192 g/mol. The zero-order chi connectivity index (χ0) is 10.6. The third-order valence-corrected chi connectivity index (χ3v) is 2.54. The highest BCUT2D eigenvalue weighted by molar-refractivity contribution is 5.66. The summed E-state index contributed by atoms with van der Waals surface area (Å²) in [6.07, 6.45) is 1.19. The van der Waals surface area contributed by atoms with E-state index in [2.05, 4.69) is 32.2 Å². The van der Waals surface area contributed by atoms with E-state index >= 15 is 0 Å². The number of benzene rings is 1. The molecule has 0 aliphatic carbocycles. The maximum absolute atomic E-state index is 5.89. The van der Waals surface area contributed by atoms with Crippen molar-refractivity contribution in [2.75, 3.05) is 17.6 Å². The first-order valence-electron chi connectivity index (χ1n) is 5.23. The van der Waals surface area contributed by atoms with E-state index in [0.717, 1.165) is 17.9 Å². The Hall–Kier alpha value is -1.18. The summed E-state index contributed by atoms with van der Waals surface area (Å²) in [5.74, 6) is 0.690. The van der Waals surface area contributed by atoms with Gasteiger partial charge in [-0.15, -0.1) is 0 Å². The molecule has 0 fully saturated rings. The van der Waals surface area contributed by atoms with Crippen LogP contribution in [0.5, 0.6) is 0 Å². The van der Waals surface area contributed by atoms with Gasteiger partial charge >= 0.3 is 0 Å². The SMILES string of the molecule is CCC(C)CNc1ccc(C)cc1N. The highest BCUT2D eigenvalue weighted by Crippen LogP contribution is 2.19. The Balaban J connectivity index is 2.59. The van der Waals surface area contributed by atoms with Crippen molar-refractivity contribution in [3.63, 3.8) is 0 Å². The summed E-state index contributed by atoms with van der Waals surface area (Å²) in [7, 11) is 0. The summed E-state index contributed by atoms with van der Waals surface area (Å²) < 4.78 is 0. The summed E-state index contributed by atoms with van der Waals surface area (Å²) in [6.45, 7) is 7.47. The van der Waals surface area contributed by atoms with Crippen LogP contribution < -0.4 is 11.1 Å². The van der Waals surface area contributed by atoms with Crippen molar-refractivity contribution >= 4 is 11.4 Å². The standard InChI is InChI=1S/C12H20N2/c1-4-9(2)8-14-12-6-5-10(3)7-11(12)13/h5-7,9,14H,4,8,13H2,1-3H3. The van der Waals surface area contributed by atoms with Crippen LogP contribution in [0.1, 0.15) is 25.8 Å². The minimum Gasteiger partial charge on any atom is -0.397 e. The fraction of sp³-hybridized carbons (Fsp3) is 0.500. The number of nitrogens with one attached hydrogen (secondary N) is 1. The van der Waals surface area contributed by atoms with E-state index in [9.17, 15) is 0 Å². The molecule has 1 aromatic rings. The average molecular weight is 192 g/mol. The predicted molar refractivity (Wildman–Crippen MR) is 63.5 cm³/mol. The van der Waals surface area contributed by atoms with Gasteiger partial charge in [0.15, 0.2) is 0 Å². The minimum absolute atomic E-state index is 0.690. The van der Waals surface area contributed by atoms with Gasteiger partial charge in [-0.1, -0.05) is 26.3 Å². The van der Waals surface area contributed by atoms with Gasteiger partial charge in [0.25, 0.3) is 0 Å². The van der Waals surface area contributed by atoms with Crippen LogP contribution in [-0.2, 0) is 0 Å². The van der Waals surface area contributed by atoms with Crippen LogP contribution in [0.3, 0.4) is 0 Å². The van der Waals surface area contributed by atoms with Gasteiger partial charge < -0.3 is 11.1 Å². The fourth-order valence-corrected chi connectivity index (χ4v) is 1.27. The molecule has 1 rings (SSSR count). The van der Waals surface area contributed by atoms with Crippen LogP contribution >= 0.6 is 0 Å². The van der Waals surface area contributed by atoms with Crippen LogP contribution in [0.2, 0.25) is 0 Å².